The molecule has 0 aliphatic carbocycles. The van der Waals surface area contributed by atoms with Crippen molar-refractivity contribution in [3.05, 3.63) is 51.7 Å². The van der Waals surface area contributed by atoms with E-state index in [0.29, 0.717) is 12.0 Å². The summed E-state index contributed by atoms with van der Waals surface area (Å²) in [5, 5.41) is 12.7. The minimum atomic E-state index is -0.831. The van der Waals surface area contributed by atoms with Crippen LogP contribution in [0.1, 0.15) is 22.4 Å². The minimum absolute atomic E-state index is 0.327. The van der Waals surface area contributed by atoms with Gasteiger partial charge in [-0.05, 0) is 13.0 Å². The van der Waals surface area contributed by atoms with Crippen LogP contribution in [-0.4, -0.2) is 10.1 Å². The van der Waals surface area contributed by atoms with Crippen molar-refractivity contribution in [3.8, 4) is 0 Å². The average molecular weight is 237 g/mol. The lowest BCUT2D eigenvalue weighted by atomic mass is 10.1. The van der Waals surface area contributed by atoms with Crippen LogP contribution in [0.15, 0.2) is 29.6 Å². The second-order valence-corrected chi connectivity index (χ2v) is 4.66. The van der Waals surface area contributed by atoms with Crippen molar-refractivity contribution in [2.45, 2.75) is 19.4 Å². The second-order valence-electron chi connectivity index (χ2n) is 3.60. The summed E-state index contributed by atoms with van der Waals surface area (Å²) in [4.78, 5) is 4.24. The number of aliphatic hydroxyl groups is 1. The molecule has 2 nitrogen and oxygen atoms in total. The van der Waals surface area contributed by atoms with Crippen LogP contribution in [0.2, 0.25) is 0 Å². The molecule has 1 unspecified atom stereocenters. The molecular formula is C12H12FNOS. The number of hydrogen-bond acceptors (Lipinski definition) is 3. The van der Waals surface area contributed by atoms with Gasteiger partial charge in [0.15, 0.2) is 0 Å². The number of halogens is 1. The van der Waals surface area contributed by atoms with Gasteiger partial charge in [0.05, 0.1) is 16.8 Å². The maximum atomic E-state index is 13.4. The van der Waals surface area contributed by atoms with Crippen molar-refractivity contribution >= 4 is 11.3 Å². The highest BCUT2D eigenvalue weighted by Crippen LogP contribution is 2.21. The zero-order valence-corrected chi connectivity index (χ0v) is 9.67. The van der Waals surface area contributed by atoms with E-state index in [1.165, 1.54) is 17.4 Å². The van der Waals surface area contributed by atoms with Gasteiger partial charge in [0.25, 0.3) is 0 Å². The third-order valence-corrected chi connectivity index (χ3v) is 3.16. The fraction of sp³-hybridized carbons (Fsp3) is 0.250. The summed E-state index contributed by atoms with van der Waals surface area (Å²) in [5.41, 5.74) is 1.13. The standard InChI is InChI=1S/C12H12FNOS/c1-8-14-9(7-16-8)6-12(15)10-4-2-3-5-11(10)13/h2-5,7,12,15H,6H2,1H3. The first-order valence-corrected chi connectivity index (χ1v) is 5.88. The quantitative estimate of drug-likeness (QED) is 0.890. The Bertz CT molecular complexity index is 483. The van der Waals surface area contributed by atoms with Gasteiger partial charge in [-0.15, -0.1) is 11.3 Å². The summed E-state index contributed by atoms with van der Waals surface area (Å²) in [6.45, 7) is 1.91. The molecule has 0 spiro atoms. The number of thiazole rings is 1. The molecule has 1 atom stereocenters. The average Bonchev–Trinajstić information content (AvgIpc) is 2.64. The van der Waals surface area contributed by atoms with Gasteiger partial charge in [-0.1, -0.05) is 18.2 Å². The Morgan fingerprint density at radius 2 is 2.19 bits per heavy atom. The molecule has 84 valence electrons. The highest BCUT2D eigenvalue weighted by molar-refractivity contribution is 7.09. The lowest BCUT2D eigenvalue weighted by Gasteiger charge is -2.09. The summed E-state index contributed by atoms with van der Waals surface area (Å²) in [6, 6.07) is 6.27. The van der Waals surface area contributed by atoms with Gasteiger partial charge in [0.1, 0.15) is 5.82 Å². The molecule has 2 rings (SSSR count). The summed E-state index contributed by atoms with van der Waals surface area (Å²) >= 11 is 1.53. The molecule has 1 aromatic heterocycles. The van der Waals surface area contributed by atoms with Gasteiger partial charge in [0.2, 0.25) is 0 Å². The molecule has 0 radical (unpaired) electrons. The number of rotatable bonds is 3. The topological polar surface area (TPSA) is 33.1 Å². The van der Waals surface area contributed by atoms with Crippen molar-refractivity contribution in [1.82, 2.24) is 4.98 Å². The molecular weight excluding hydrogens is 225 g/mol. The van der Waals surface area contributed by atoms with Crippen LogP contribution in [0.25, 0.3) is 0 Å². The number of benzene rings is 1. The molecule has 1 aromatic carbocycles. The van der Waals surface area contributed by atoms with Crippen molar-refractivity contribution < 1.29 is 9.50 Å². The molecule has 1 N–H and O–H groups in total. The lowest BCUT2D eigenvalue weighted by molar-refractivity contribution is 0.172. The Kier molecular flexibility index (Phi) is 3.31. The molecule has 0 aliphatic rings. The number of aryl methyl sites for hydroxylation is 1. The predicted octanol–water partition coefficient (Wildman–Crippen LogP) is 2.87. The van der Waals surface area contributed by atoms with Gasteiger partial charge in [-0.3, -0.25) is 0 Å². The highest BCUT2D eigenvalue weighted by Gasteiger charge is 2.13. The van der Waals surface area contributed by atoms with Crippen LogP contribution in [0.4, 0.5) is 4.39 Å². The summed E-state index contributed by atoms with van der Waals surface area (Å²) < 4.78 is 13.4. The molecule has 0 bridgehead atoms. The molecule has 0 amide bonds. The maximum Gasteiger partial charge on any atom is 0.129 e. The molecule has 0 fully saturated rings. The van der Waals surface area contributed by atoms with Crippen molar-refractivity contribution in [2.75, 3.05) is 0 Å². The van der Waals surface area contributed by atoms with E-state index in [2.05, 4.69) is 4.98 Å². The van der Waals surface area contributed by atoms with Crippen LogP contribution in [0.5, 0.6) is 0 Å². The fourth-order valence-corrected chi connectivity index (χ4v) is 2.18. The largest absolute Gasteiger partial charge is 0.388 e. The Labute approximate surface area is 97.4 Å². The summed E-state index contributed by atoms with van der Waals surface area (Å²) in [5.74, 6) is -0.373. The highest BCUT2D eigenvalue weighted by atomic mass is 32.1. The zero-order chi connectivity index (χ0) is 11.5. The fourth-order valence-electron chi connectivity index (χ4n) is 1.56. The second kappa shape index (κ2) is 4.72. The third-order valence-electron chi connectivity index (χ3n) is 2.33. The van der Waals surface area contributed by atoms with Gasteiger partial charge in [-0.25, -0.2) is 9.37 Å². The van der Waals surface area contributed by atoms with Gasteiger partial charge < -0.3 is 5.11 Å². The first kappa shape index (κ1) is 11.2. The van der Waals surface area contributed by atoms with E-state index in [1.54, 1.807) is 18.2 Å². The molecule has 16 heavy (non-hydrogen) atoms. The summed E-state index contributed by atoms with van der Waals surface area (Å²) in [6.07, 6.45) is -0.478. The Morgan fingerprint density at radius 1 is 1.44 bits per heavy atom. The Balaban J connectivity index is 2.14. The lowest BCUT2D eigenvalue weighted by Crippen LogP contribution is -2.04. The molecule has 2 aromatic rings. The first-order chi connectivity index (χ1) is 7.66. The van der Waals surface area contributed by atoms with E-state index < -0.39 is 6.10 Å². The zero-order valence-electron chi connectivity index (χ0n) is 8.85. The first-order valence-electron chi connectivity index (χ1n) is 5.00. The smallest absolute Gasteiger partial charge is 0.129 e. The van der Waals surface area contributed by atoms with Gasteiger partial charge >= 0.3 is 0 Å². The number of hydrogen-bond donors (Lipinski definition) is 1. The maximum absolute atomic E-state index is 13.4. The van der Waals surface area contributed by atoms with Crippen molar-refractivity contribution in [1.29, 1.82) is 0 Å². The van der Waals surface area contributed by atoms with E-state index in [4.69, 9.17) is 0 Å². The van der Waals surface area contributed by atoms with E-state index in [-0.39, 0.29) is 5.82 Å². The molecule has 4 heteroatoms. The molecule has 0 aliphatic heterocycles. The normalized spacial score (nSPS) is 12.7. The van der Waals surface area contributed by atoms with Crippen LogP contribution in [-0.2, 0) is 6.42 Å². The van der Waals surface area contributed by atoms with Crippen LogP contribution in [0, 0.1) is 12.7 Å². The van der Waals surface area contributed by atoms with Crippen molar-refractivity contribution in [2.24, 2.45) is 0 Å². The van der Waals surface area contributed by atoms with Gasteiger partial charge in [0, 0.05) is 17.4 Å². The predicted molar refractivity (Wildman–Crippen MR) is 61.9 cm³/mol. The number of aromatic nitrogens is 1. The van der Waals surface area contributed by atoms with E-state index >= 15 is 0 Å². The minimum Gasteiger partial charge on any atom is -0.388 e. The number of nitrogens with zero attached hydrogens (tertiary/aromatic N) is 1. The van der Waals surface area contributed by atoms with Crippen LogP contribution in [0.3, 0.4) is 0 Å². The SMILES string of the molecule is Cc1nc(CC(O)c2ccccc2F)cs1. The molecule has 0 saturated heterocycles. The molecule has 0 saturated carbocycles. The van der Waals surface area contributed by atoms with E-state index in [0.717, 1.165) is 10.7 Å². The Morgan fingerprint density at radius 3 is 2.81 bits per heavy atom. The van der Waals surface area contributed by atoms with Crippen LogP contribution >= 0.6 is 11.3 Å². The third kappa shape index (κ3) is 2.46. The number of aliphatic hydroxyl groups excluding tert-OH is 1. The van der Waals surface area contributed by atoms with Gasteiger partial charge in [-0.2, -0.15) is 0 Å². The summed E-state index contributed by atoms with van der Waals surface area (Å²) in [7, 11) is 0. The van der Waals surface area contributed by atoms with Crippen LogP contribution < -0.4 is 0 Å². The van der Waals surface area contributed by atoms with Crippen molar-refractivity contribution in [3.63, 3.8) is 0 Å². The Hall–Kier alpha value is -1.26. The van der Waals surface area contributed by atoms with E-state index in [1.807, 2.05) is 12.3 Å². The monoisotopic (exact) mass is 237 g/mol. The molecule has 1 heterocycles. The van der Waals surface area contributed by atoms with E-state index in [9.17, 15) is 9.50 Å².